The van der Waals surface area contributed by atoms with E-state index in [1.165, 1.54) is 0 Å². The number of rotatable bonds is 4. The number of nitrogens with one attached hydrogen (secondary N) is 1. The van der Waals surface area contributed by atoms with E-state index in [9.17, 15) is 8.42 Å². The maximum absolute atomic E-state index is 12.2. The lowest BCUT2D eigenvalue weighted by molar-refractivity contribution is 0.537. The van der Waals surface area contributed by atoms with Gasteiger partial charge in [-0.3, -0.25) is 0 Å². The predicted molar refractivity (Wildman–Crippen MR) is 68.1 cm³/mol. The maximum atomic E-state index is 12.2. The number of anilines is 1. The molecule has 0 spiro atoms. The van der Waals surface area contributed by atoms with Crippen molar-refractivity contribution in [2.24, 2.45) is 5.92 Å². The molecule has 1 aromatic carbocycles. The van der Waals surface area contributed by atoms with E-state index in [0.717, 1.165) is 12.8 Å². The van der Waals surface area contributed by atoms with Crippen LogP contribution in [-0.2, 0) is 10.0 Å². The third kappa shape index (κ3) is 2.79. The van der Waals surface area contributed by atoms with Gasteiger partial charge < -0.3 is 5.73 Å². The molecule has 1 unspecified atom stereocenters. The topological polar surface area (TPSA) is 72.2 Å². The van der Waals surface area contributed by atoms with Crippen molar-refractivity contribution in [1.29, 1.82) is 0 Å². The number of aryl methyl sites for hydroxylation is 1. The SMILES string of the molecule is Cc1cc(N)ccc1S(=O)(=O)NC(C)C1CC1. The van der Waals surface area contributed by atoms with Crippen molar-refractivity contribution in [3.05, 3.63) is 23.8 Å². The first-order chi connectivity index (χ1) is 7.90. The molecule has 0 heterocycles. The molecule has 3 N–H and O–H groups in total. The van der Waals surface area contributed by atoms with E-state index in [1.807, 2.05) is 6.92 Å². The van der Waals surface area contributed by atoms with Gasteiger partial charge in [-0.25, -0.2) is 13.1 Å². The van der Waals surface area contributed by atoms with Crippen LogP contribution in [-0.4, -0.2) is 14.5 Å². The molecule has 1 fully saturated rings. The van der Waals surface area contributed by atoms with Crippen molar-refractivity contribution in [2.75, 3.05) is 5.73 Å². The Hall–Kier alpha value is -1.07. The fraction of sp³-hybridized carbons (Fsp3) is 0.500. The van der Waals surface area contributed by atoms with Crippen LogP contribution in [0.2, 0.25) is 0 Å². The molecule has 1 aliphatic carbocycles. The molecule has 0 radical (unpaired) electrons. The van der Waals surface area contributed by atoms with Crippen LogP contribution >= 0.6 is 0 Å². The van der Waals surface area contributed by atoms with E-state index in [-0.39, 0.29) is 6.04 Å². The number of sulfonamides is 1. The summed E-state index contributed by atoms with van der Waals surface area (Å²) in [6.45, 7) is 3.68. The quantitative estimate of drug-likeness (QED) is 0.803. The summed E-state index contributed by atoms with van der Waals surface area (Å²) in [6, 6.07) is 4.86. The predicted octanol–water partition coefficient (Wildman–Crippen LogP) is 1.65. The fourth-order valence-electron chi connectivity index (χ4n) is 1.97. The third-order valence-corrected chi connectivity index (χ3v) is 4.88. The van der Waals surface area contributed by atoms with Crippen LogP contribution in [0.4, 0.5) is 5.69 Å². The third-order valence-electron chi connectivity index (χ3n) is 3.16. The minimum atomic E-state index is -3.42. The van der Waals surface area contributed by atoms with Crippen LogP contribution in [0.15, 0.2) is 23.1 Å². The van der Waals surface area contributed by atoms with Crippen molar-refractivity contribution in [1.82, 2.24) is 4.72 Å². The van der Waals surface area contributed by atoms with Gasteiger partial charge in [0.2, 0.25) is 10.0 Å². The van der Waals surface area contributed by atoms with Crippen LogP contribution in [0.5, 0.6) is 0 Å². The van der Waals surface area contributed by atoms with Gasteiger partial charge in [0.15, 0.2) is 0 Å². The monoisotopic (exact) mass is 254 g/mol. The molecule has 1 aromatic rings. The zero-order valence-corrected chi connectivity index (χ0v) is 10.9. The molecule has 0 saturated heterocycles. The van der Waals surface area contributed by atoms with E-state index in [0.29, 0.717) is 22.1 Å². The Morgan fingerprint density at radius 1 is 1.41 bits per heavy atom. The Kier molecular flexibility index (Phi) is 3.14. The van der Waals surface area contributed by atoms with Crippen molar-refractivity contribution in [2.45, 2.75) is 37.6 Å². The Morgan fingerprint density at radius 2 is 2.06 bits per heavy atom. The molecule has 1 saturated carbocycles. The smallest absolute Gasteiger partial charge is 0.241 e. The standard InChI is InChI=1S/C12H18N2O2S/c1-8-7-11(13)5-6-12(8)17(15,16)14-9(2)10-3-4-10/h5-7,9-10,14H,3-4,13H2,1-2H3. The summed E-state index contributed by atoms with van der Waals surface area (Å²) in [5.74, 6) is 0.499. The highest BCUT2D eigenvalue weighted by Gasteiger charge is 2.31. The largest absolute Gasteiger partial charge is 0.399 e. The highest BCUT2D eigenvalue weighted by molar-refractivity contribution is 7.89. The molecule has 1 aliphatic rings. The maximum Gasteiger partial charge on any atom is 0.241 e. The second-order valence-corrected chi connectivity index (χ2v) is 6.45. The van der Waals surface area contributed by atoms with Crippen LogP contribution in [0.1, 0.15) is 25.3 Å². The summed E-state index contributed by atoms with van der Waals surface area (Å²) in [6.07, 6.45) is 2.23. The molecule has 5 heteroatoms. The van der Waals surface area contributed by atoms with Gasteiger partial charge in [0.05, 0.1) is 4.90 Å². The summed E-state index contributed by atoms with van der Waals surface area (Å²) in [7, 11) is -3.42. The van der Waals surface area contributed by atoms with E-state index < -0.39 is 10.0 Å². The Morgan fingerprint density at radius 3 is 2.59 bits per heavy atom. The number of benzene rings is 1. The average Bonchev–Trinajstić information content (AvgIpc) is 2.98. The van der Waals surface area contributed by atoms with Gasteiger partial charge in [-0.2, -0.15) is 0 Å². The Labute approximate surface area is 102 Å². The highest BCUT2D eigenvalue weighted by atomic mass is 32.2. The average molecular weight is 254 g/mol. The Balaban J connectivity index is 2.24. The second-order valence-electron chi connectivity index (χ2n) is 4.77. The molecule has 0 amide bonds. The van der Waals surface area contributed by atoms with Gasteiger partial charge in [-0.05, 0) is 56.4 Å². The van der Waals surface area contributed by atoms with Gasteiger partial charge in [0.1, 0.15) is 0 Å². The molecule has 1 atom stereocenters. The summed E-state index contributed by atoms with van der Waals surface area (Å²) >= 11 is 0. The van der Waals surface area contributed by atoms with E-state index in [4.69, 9.17) is 5.73 Å². The molecular formula is C12H18N2O2S. The van der Waals surface area contributed by atoms with Gasteiger partial charge in [0, 0.05) is 11.7 Å². The highest BCUT2D eigenvalue weighted by Crippen LogP contribution is 2.33. The lowest BCUT2D eigenvalue weighted by Gasteiger charge is -2.14. The lowest BCUT2D eigenvalue weighted by Crippen LogP contribution is -2.34. The molecule has 2 rings (SSSR count). The molecule has 0 aromatic heterocycles. The molecule has 17 heavy (non-hydrogen) atoms. The van der Waals surface area contributed by atoms with Crippen LogP contribution in [0.3, 0.4) is 0 Å². The second kappa shape index (κ2) is 4.31. The summed E-state index contributed by atoms with van der Waals surface area (Å²) in [5.41, 5.74) is 6.88. The van der Waals surface area contributed by atoms with Gasteiger partial charge in [-0.15, -0.1) is 0 Å². The Bertz CT molecular complexity index is 521. The molecular weight excluding hydrogens is 236 g/mol. The summed E-state index contributed by atoms with van der Waals surface area (Å²) < 4.78 is 27.0. The van der Waals surface area contributed by atoms with E-state index in [1.54, 1.807) is 25.1 Å². The first-order valence-electron chi connectivity index (χ1n) is 5.78. The van der Waals surface area contributed by atoms with Crippen molar-refractivity contribution in [3.63, 3.8) is 0 Å². The molecule has 94 valence electrons. The zero-order valence-electron chi connectivity index (χ0n) is 10.1. The lowest BCUT2D eigenvalue weighted by atomic mass is 10.2. The number of hydrogen-bond acceptors (Lipinski definition) is 3. The minimum absolute atomic E-state index is 0.0111. The zero-order chi connectivity index (χ0) is 12.6. The van der Waals surface area contributed by atoms with Gasteiger partial charge in [-0.1, -0.05) is 0 Å². The van der Waals surface area contributed by atoms with Crippen LogP contribution < -0.4 is 10.5 Å². The molecule has 0 aliphatic heterocycles. The fourth-order valence-corrected chi connectivity index (χ4v) is 3.51. The normalized spacial score (nSPS) is 18.0. The van der Waals surface area contributed by atoms with E-state index >= 15 is 0 Å². The van der Waals surface area contributed by atoms with Crippen LogP contribution in [0.25, 0.3) is 0 Å². The first kappa shape index (κ1) is 12.4. The van der Waals surface area contributed by atoms with Gasteiger partial charge >= 0.3 is 0 Å². The van der Waals surface area contributed by atoms with Crippen molar-refractivity contribution in [3.8, 4) is 0 Å². The van der Waals surface area contributed by atoms with Crippen LogP contribution in [0, 0.1) is 12.8 Å². The molecule has 4 nitrogen and oxygen atoms in total. The number of hydrogen-bond donors (Lipinski definition) is 2. The van der Waals surface area contributed by atoms with Crippen molar-refractivity contribution >= 4 is 15.7 Å². The number of nitrogen functional groups attached to an aromatic ring is 1. The van der Waals surface area contributed by atoms with Crippen molar-refractivity contribution < 1.29 is 8.42 Å². The van der Waals surface area contributed by atoms with E-state index in [2.05, 4.69) is 4.72 Å². The summed E-state index contributed by atoms with van der Waals surface area (Å²) in [4.78, 5) is 0.319. The number of nitrogens with two attached hydrogens (primary N) is 1. The van der Waals surface area contributed by atoms with Gasteiger partial charge in [0.25, 0.3) is 0 Å². The minimum Gasteiger partial charge on any atom is -0.399 e. The molecule has 0 bridgehead atoms. The summed E-state index contributed by atoms with van der Waals surface area (Å²) in [5, 5.41) is 0. The first-order valence-corrected chi connectivity index (χ1v) is 7.27.